The molecule has 0 radical (unpaired) electrons. The second-order valence-corrected chi connectivity index (χ2v) is 4.93. The first-order chi connectivity index (χ1) is 8.36. The number of amidine groups is 1. The molecular formula is C15H22N2. The summed E-state index contributed by atoms with van der Waals surface area (Å²) in [6, 6.07) is 10.0. The number of aliphatic imine (C=N–C) groups is 1. The van der Waals surface area contributed by atoms with Crippen molar-refractivity contribution in [3.63, 3.8) is 0 Å². The van der Waals surface area contributed by atoms with Crippen LogP contribution in [0.2, 0.25) is 0 Å². The molecule has 0 aliphatic heterocycles. The van der Waals surface area contributed by atoms with Crippen LogP contribution in [0.3, 0.4) is 0 Å². The number of hydrogen-bond acceptors (Lipinski definition) is 1. The van der Waals surface area contributed by atoms with Gasteiger partial charge >= 0.3 is 0 Å². The molecule has 1 aromatic rings. The molecule has 0 saturated heterocycles. The highest BCUT2D eigenvalue weighted by Gasteiger charge is 2.13. The summed E-state index contributed by atoms with van der Waals surface area (Å²) in [7, 11) is 0. The summed E-state index contributed by atoms with van der Waals surface area (Å²) in [6.45, 7) is 0.872. The van der Waals surface area contributed by atoms with E-state index in [4.69, 9.17) is 5.73 Å². The minimum absolute atomic E-state index is 0.678. The van der Waals surface area contributed by atoms with Crippen molar-refractivity contribution in [2.75, 3.05) is 6.54 Å². The van der Waals surface area contributed by atoms with Gasteiger partial charge in [-0.1, -0.05) is 56.0 Å². The van der Waals surface area contributed by atoms with Crippen LogP contribution in [-0.2, 0) is 0 Å². The monoisotopic (exact) mass is 230 g/mol. The second kappa shape index (κ2) is 6.43. The summed E-state index contributed by atoms with van der Waals surface area (Å²) in [6.07, 6.45) is 8.22. The van der Waals surface area contributed by atoms with E-state index in [-0.39, 0.29) is 0 Å². The van der Waals surface area contributed by atoms with Gasteiger partial charge in [0.15, 0.2) is 0 Å². The number of rotatable bonds is 5. The fourth-order valence-corrected chi connectivity index (χ4v) is 2.58. The van der Waals surface area contributed by atoms with Gasteiger partial charge in [-0.25, -0.2) is 0 Å². The van der Waals surface area contributed by atoms with Gasteiger partial charge in [-0.3, -0.25) is 4.99 Å². The van der Waals surface area contributed by atoms with Gasteiger partial charge in [0.2, 0.25) is 0 Å². The van der Waals surface area contributed by atoms with Crippen LogP contribution in [0.4, 0.5) is 0 Å². The molecular weight excluding hydrogens is 208 g/mol. The van der Waals surface area contributed by atoms with Gasteiger partial charge in [0.05, 0.1) is 0 Å². The summed E-state index contributed by atoms with van der Waals surface area (Å²) in [5.41, 5.74) is 6.97. The molecule has 2 N–H and O–H groups in total. The van der Waals surface area contributed by atoms with E-state index < -0.39 is 0 Å². The predicted molar refractivity (Wildman–Crippen MR) is 73.2 cm³/mol. The zero-order valence-corrected chi connectivity index (χ0v) is 10.4. The summed E-state index contributed by atoms with van der Waals surface area (Å²) in [4.78, 5) is 4.45. The molecule has 0 unspecified atom stereocenters. The van der Waals surface area contributed by atoms with Gasteiger partial charge in [0, 0.05) is 12.1 Å². The second-order valence-electron chi connectivity index (χ2n) is 4.93. The molecule has 0 aromatic heterocycles. The van der Waals surface area contributed by atoms with Crippen molar-refractivity contribution in [2.45, 2.75) is 38.5 Å². The summed E-state index contributed by atoms with van der Waals surface area (Å²) in [5, 5.41) is 0. The van der Waals surface area contributed by atoms with Gasteiger partial charge in [0.1, 0.15) is 5.84 Å². The number of hydrogen-bond donors (Lipinski definition) is 1. The molecule has 92 valence electrons. The largest absolute Gasteiger partial charge is 0.384 e. The van der Waals surface area contributed by atoms with Crippen LogP contribution < -0.4 is 5.73 Å². The Morgan fingerprint density at radius 3 is 2.59 bits per heavy atom. The van der Waals surface area contributed by atoms with E-state index in [9.17, 15) is 0 Å². The molecule has 1 saturated carbocycles. The molecule has 0 heterocycles. The minimum Gasteiger partial charge on any atom is -0.384 e. The number of benzene rings is 1. The number of nitrogens with two attached hydrogens (primary N) is 1. The Balaban J connectivity index is 1.72. The van der Waals surface area contributed by atoms with Crippen molar-refractivity contribution in [3.05, 3.63) is 35.9 Å². The van der Waals surface area contributed by atoms with Gasteiger partial charge in [-0.15, -0.1) is 0 Å². The maximum Gasteiger partial charge on any atom is 0.125 e. The predicted octanol–water partition coefficient (Wildman–Crippen LogP) is 3.36. The van der Waals surface area contributed by atoms with Crippen LogP contribution in [0.5, 0.6) is 0 Å². The van der Waals surface area contributed by atoms with E-state index in [1.807, 2.05) is 30.3 Å². The molecule has 2 nitrogen and oxygen atoms in total. The minimum atomic E-state index is 0.678. The average molecular weight is 230 g/mol. The molecule has 0 amide bonds. The fraction of sp³-hybridized carbons (Fsp3) is 0.533. The van der Waals surface area contributed by atoms with Crippen LogP contribution in [0.1, 0.15) is 44.1 Å². The molecule has 2 rings (SSSR count). The molecule has 0 spiro atoms. The van der Waals surface area contributed by atoms with Crippen LogP contribution >= 0.6 is 0 Å². The Morgan fingerprint density at radius 2 is 1.88 bits per heavy atom. The molecule has 1 fully saturated rings. The Labute approximate surface area is 104 Å². The van der Waals surface area contributed by atoms with Crippen molar-refractivity contribution in [3.8, 4) is 0 Å². The van der Waals surface area contributed by atoms with Crippen LogP contribution in [-0.4, -0.2) is 12.4 Å². The first-order valence-corrected chi connectivity index (χ1v) is 6.71. The maximum absolute atomic E-state index is 5.94. The van der Waals surface area contributed by atoms with E-state index in [2.05, 4.69) is 4.99 Å². The van der Waals surface area contributed by atoms with Gasteiger partial charge in [0.25, 0.3) is 0 Å². The zero-order chi connectivity index (χ0) is 11.9. The van der Waals surface area contributed by atoms with E-state index in [0.29, 0.717) is 5.84 Å². The lowest BCUT2D eigenvalue weighted by molar-refractivity contribution is 0.488. The lowest BCUT2D eigenvalue weighted by Gasteiger charge is -2.06. The highest BCUT2D eigenvalue weighted by Crippen LogP contribution is 2.28. The van der Waals surface area contributed by atoms with Gasteiger partial charge < -0.3 is 5.73 Å². The standard InChI is InChI=1S/C15H22N2/c16-15(14-10-2-1-3-11-14)17-12-6-9-13-7-4-5-8-13/h1-3,10-11,13H,4-9,12H2,(H2,16,17). The summed E-state index contributed by atoms with van der Waals surface area (Å²) < 4.78 is 0. The molecule has 1 aromatic carbocycles. The Hall–Kier alpha value is -1.31. The normalized spacial score (nSPS) is 17.5. The van der Waals surface area contributed by atoms with E-state index >= 15 is 0 Å². The van der Waals surface area contributed by atoms with Crippen molar-refractivity contribution < 1.29 is 0 Å². The topological polar surface area (TPSA) is 38.4 Å². The molecule has 17 heavy (non-hydrogen) atoms. The third-order valence-electron chi connectivity index (χ3n) is 3.60. The average Bonchev–Trinajstić information content (AvgIpc) is 2.88. The Kier molecular flexibility index (Phi) is 4.60. The van der Waals surface area contributed by atoms with Crippen LogP contribution in [0.25, 0.3) is 0 Å². The third-order valence-corrected chi connectivity index (χ3v) is 3.60. The van der Waals surface area contributed by atoms with Crippen molar-refractivity contribution in [1.82, 2.24) is 0 Å². The molecule has 1 aliphatic carbocycles. The van der Waals surface area contributed by atoms with Crippen molar-refractivity contribution in [1.29, 1.82) is 0 Å². The van der Waals surface area contributed by atoms with Crippen LogP contribution in [0, 0.1) is 5.92 Å². The number of nitrogens with zero attached hydrogens (tertiary/aromatic N) is 1. The van der Waals surface area contributed by atoms with Crippen molar-refractivity contribution in [2.24, 2.45) is 16.6 Å². The molecule has 0 bridgehead atoms. The van der Waals surface area contributed by atoms with Crippen molar-refractivity contribution >= 4 is 5.84 Å². The molecule has 0 atom stereocenters. The highest BCUT2D eigenvalue weighted by atomic mass is 14.8. The SMILES string of the molecule is NC(=NCCCC1CCCC1)c1ccccc1. The fourth-order valence-electron chi connectivity index (χ4n) is 2.58. The van der Waals surface area contributed by atoms with Crippen LogP contribution in [0.15, 0.2) is 35.3 Å². The van der Waals surface area contributed by atoms with Gasteiger partial charge in [-0.05, 0) is 18.8 Å². The molecule has 2 heteroatoms. The summed E-state index contributed by atoms with van der Waals surface area (Å²) >= 11 is 0. The Morgan fingerprint density at radius 1 is 1.18 bits per heavy atom. The van der Waals surface area contributed by atoms with E-state index in [1.54, 1.807) is 0 Å². The summed E-state index contributed by atoms with van der Waals surface area (Å²) in [5.74, 6) is 1.64. The Bertz CT molecular complexity index is 350. The maximum atomic E-state index is 5.94. The quantitative estimate of drug-likeness (QED) is 0.470. The smallest absolute Gasteiger partial charge is 0.125 e. The lowest BCUT2D eigenvalue weighted by Crippen LogP contribution is -2.13. The molecule has 1 aliphatic rings. The van der Waals surface area contributed by atoms with E-state index in [0.717, 1.165) is 18.0 Å². The third kappa shape index (κ3) is 3.88. The zero-order valence-electron chi connectivity index (χ0n) is 10.4. The first kappa shape index (κ1) is 12.2. The lowest BCUT2D eigenvalue weighted by atomic mass is 10.0. The highest BCUT2D eigenvalue weighted by molar-refractivity contribution is 5.97. The van der Waals surface area contributed by atoms with E-state index in [1.165, 1.54) is 38.5 Å². The first-order valence-electron chi connectivity index (χ1n) is 6.71. The van der Waals surface area contributed by atoms with Gasteiger partial charge in [-0.2, -0.15) is 0 Å².